The summed E-state index contributed by atoms with van der Waals surface area (Å²) in [6, 6.07) is 24.4. The third kappa shape index (κ3) is 7.51. The van der Waals surface area contributed by atoms with Gasteiger partial charge in [-0.3, -0.25) is 9.59 Å². The molecular weight excluding hydrogens is 599 g/mol. The summed E-state index contributed by atoms with van der Waals surface area (Å²) in [5.74, 6) is -0.635. The van der Waals surface area contributed by atoms with Crippen LogP contribution in [0, 0.1) is 0 Å². The van der Waals surface area contributed by atoms with Crippen LogP contribution < -0.4 is 16.0 Å². The monoisotopic (exact) mass is 629 g/mol. The number of amides is 1. The minimum absolute atomic E-state index is 0.00229. The molecule has 0 fully saturated rings. The van der Waals surface area contributed by atoms with Crippen molar-refractivity contribution in [3.63, 3.8) is 0 Å². The SMILES string of the molecule is COC(=O)c1c(NC(=O)C(Sc2cccc(NC(=S)Nc3ccc(C(C)=O)cc3)c2)c2ccccc2)sc2c1CCCC2. The van der Waals surface area contributed by atoms with Crippen molar-refractivity contribution in [2.75, 3.05) is 23.1 Å². The van der Waals surface area contributed by atoms with Crippen molar-refractivity contribution in [1.29, 1.82) is 0 Å². The van der Waals surface area contributed by atoms with E-state index in [-0.39, 0.29) is 11.7 Å². The van der Waals surface area contributed by atoms with Gasteiger partial charge in [0.1, 0.15) is 10.3 Å². The first-order chi connectivity index (χ1) is 20.8. The van der Waals surface area contributed by atoms with E-state index in [0.29, 0.717) is 21.2 Å². The molecule has 0 radical (unpaired) electrons. The number of thiocarbonyl (C=S) groups is 1. The lowest BCUT2D eigenvalue weighted by Gasteiger charge is -2.18. The maximum atomic E-state index is 13.9. The van der Waals surface area contributed by atoms with Crippen LogP contribution in [0.3, 0.4) is 0 Å². The van der Waals surface area contributed by atoms with E-state index in [1.165, 1.54) is 37.1 Å². The Morgan fingerprint density at radius 2 is 1.60 bits per heavy atom. The van der Waals surface area contributed by atoms with E-state index >= 15 is 0 Å². The molecular formula is C33H31N3O4S3. The van der Waals surface area contributed by atoms with Crippen LogP contribution in [-0.2, 0) is 22.4 Å². The predicted octanol–water partition coefficient (Wildman–Crippen LogP) is 7.90. The standard InChI is InChI=1S/C33H31N3O4S3/c1-20(37)21-15-17-23(18-16-21)34-33(41)35-24-11-8-12-25(19-24)42-29(22-9-4-3-5-10-22)30(38)36-31-28(32(39)40-2)26-13-6-7-14-27(26)43-31/h3-5,8-12,15-19,29H,6-7,13-14H2,1-2H3,(H,36,38)(H2,34,35,41). The normalized spacial score (nSPS) is 12.9. The molecule has 1 aliphatic rings. The fourth-order valence-corrected chi connectivity index (χ4v) is 7.51. The third-order valence-corrected chi connectivity index (χ3v) is 9.69. The highest BCUT2D eigenvalue weighted by atomic mass is 32.2. The quantitative estimate of drug-likeness (QED) is 0.0744. The van der Waals surface area contributed by atoms with Crippen LogP contribution in [-0.4, -0.2) is 29.9 Å². The van der Waals surface area contributed by atoms with Gasteiger partial charge in [0, 0.05) is 26.7 Å². The van der Waals surface area contributed by atoms with E-state index in [4.69, 9.17) is 17.0 Å². The highest BCUT2D eigenvalue weighted by Crippen LogP contribution is 2.41. The number of thiophene rings is 1. The van der Waals surface area contributed by atoms with Crippen LogP contribution in [0.1, 0.15) is 61.7 Å². The number of hydrogen-bond donors (Lipinski definition) is 3. The van der Waals surface area contributed by atoms with Crippen LogP contribution in [0.25, 0.3) is 0 Å². The molecule has 3 aromatic carbocycles. The summed E-state index contributed by atoms with van der Waals surface area (Å²) in [5.41, 5.74) is 4.47. The van der Waals surface area contributed by atoms with Gasteiger partial charge in [-0.15, -0.1) is 23.1 Å². The van der Waals surface area contributed by atoms with Crippen LogP contribution in [0.5, 0.6) is 0 Å². The van der Waals surface area contributed by atoms with Crippen molar-refractivity contribution in [1.82, 2.24) is 0 Å². The zero-order valence-corrected chi connectivity index (χ0v) is 26.2. The van der Waals surface area contributed by atoms with Crippen LogP contribution in [0.4, 0.5) is 16.4 Å². The zero-order chi connectivity index (χ0) is 30.3. The largest absolute Gasteiger partial charge is 0.465 e. The van der Waals surface area contributed by atoms with E-state index in [2.05, 4.69) is 16.0 Å². The molecule has 1 aliphatic carbocycles. The maximum absolute atomic E-state index is 13.9. The van der Waals surface area contributed by atoms with Gasteiger partial charge < -0.3 is 20.7 Å². The fraction of sp³-hybridized carbons (Fsp3) is 0.212. The Kier molecular flexibility index (Phi) is 9.91. The summed E-state index contributed by atoms with van der Waals surface area (Å²) in [6.45, 7) is 1.53. The summed E-state index contributed by atoms with van der Waals surface area (Å²) >= 11 is 8.40. The van der Waals surface area contributed by atoms with E-state index in [9.17, 15) is 14.4 Å². The number of ether oxygens (including phenoxy) is 1. The van der Waals surface area contributed by atoms with Gasteiger partial charge in [-0.25, -0.2) is 4.79 Å². The predicted molar refractivity (Wildman–Crippen MR) is 179 cm³/mol. The highest BCUT2D eigenvalue weighted by Gasteiger charge is 2.29. The van der Waals surface area contributed by atoms with Crippen molar-refractivity contribution >= 4 is 74.5 Å². The number of ketones is 1. The minimum atomic E-state index is -0.578. The number of rotatable bonds is 9. The van der Waals surface area contributed by atoms with Gasteiger partial charge in [-0.1, -0.05) is 36.4 Å². The molecule has 5 rings (SSSR count). The second kappa shape index (κ2) is 14.0. The van der Waals surface area contributed by atoms with Gasteiger partial charge >= 0.3 is 5.97 Å². The molecule has 0 saturated carbocycles. The Labute approximate surface area is 264 Å². The average Bonchev–Trinajstić information content (AvgIpc) is 3.38. The van der Waals surface area contributed by atoms with Crippen LogP contribution >= 0.6 is 35.3 Å². The van der Waals surface area contributed by atoms with Crippen molar-refractivity contribution < 1.29 is 19.1 Å². The molecule has 0 bridgehead atoms. The minimum Gasteiger partial charge on any atom is -0.465 e. The maximum Gasteiger partial charge on any atom is 0.341 e. The molecule has 4 aromatic rings. The van der Waals surface area contributed by atoms with Crippen molar-refractivity contribution in [3.8, 4) is 0 Å². The van der Waals surface area contributed by atoms with Gasteiger partial charge in [0.2, 0.25) is 5.91 Å². The van der Waals surface area contributed by atoms with E-state index < -0.39 is 11.2 Å². The Bertz CT molecular complexity index is 1650. The molecule has 1 heterocycles. The number of esters is 1. The number of carbonyl (C=O) groups is 3. The average molecular weight is 630 g/mol. The molecule has 7 nitrogen and oxygen atoms in total. The Morgan fingerprint density at radius 1 is 0.884 bits per heavy atom. The molecule has 10 heteroatoms. The van der Waals surface area contributed by atoms with Crippen molar-refractivity contribution in [2.24, 2.45) is 0 Å². The molecule has 43 heavy (non-hydrogen) atoms. The first-order valence-electron chi connectivity index (χ1n) is 13.9. The summed E-state index contributed by atoms with van der Waals surface area (Å²) in [7, 11) is 1.37. The highest BCUT2D eigenvalue weighted by molar-refractivity contribution is 8.00. The molecule has 220 valence electrons. The van der Waals surface area contributed by atoms with Crippen LogP contribution in [0.15, 0.2) is 83.8 Å². The van der Waals surface area contributed by atoms with Gasteiger partial charge in [0.05, 0.1) is 12.7 Å². The van der Waals surface area contributed by atoms with Gasteiger partial charge in [-0.2, -0.15) is 0 Å². The smallest absolute Gasteiger partial charge is 0.341 e. The molecule has 1 aromatic heterocycles. The lowest BCUT2D eigenvalue weighted by molar-refractivity contribution is -0.115. The fourth-order valence-electron chi connectivity index (χ4n) is 4.92. The summed E-state index contributed by atoms with van der Waals surface area (Å²) < 4.78 is 5.10. The van der Waals surface area contributed by atoms with Crippen molar-refractivity contribution in [2.45, 2.75) is 42.8 Å². The van der Waals surface area contributed by atoms with Crippen LogP contribution in [0.2, 0.25) is 0 Å². The number of benzene rings is 3. The molecule has 1 unspecified atom stereocenters. The number of carbonyl (C=O) groups excluding carboxylic acids is 3. The molecule has 1 amide bonds. The third-order valence-electron chi connectivity index (χ3n) is 7.03. The first kappa shape index (κ1) is 30.5. The number of hydrogen-bond acceptors (Lipinski definition) is 7. The number of Topliss-reactive ketones (excluding diaryl/α,β-unsaturated/α-hetero) is 1. The Balaban J connectivity index is 1.34. The first-order valence-corrected chi connectivity index (χ1v) is 16.0. The summed E-state index contributed by atoms with van der Waals surface area (Å²) in [4.78, 5) is 40.2. The number of fused-ring (bicyclic) bond motifs is 1. The van der Waals surface area contributed by atoms with E-state index in [1.54, 1.807) is 24.3 Å². The molecule has 1 atom stereocenters. The second-order valence-corrected chi connectivity index (χ2v) is 12.7. The second-order valence-electron chi connectivity index (χ2n) is 10.0. The van der Waals surface area contributed by atoms with Gasteiger partial charge in [-0.05, 0) is 98.4 Å². The summed E-state index contributed by atoms with van der Waals surface area (Å²) in [5, 5.41) is 9.77. The lowest BCUT2D eigenvalue weighted by atomic mass is 9.95. The van der Waals surface area contributed by atoms with Crippen molar-refractivity contribution in [3.05, 3.63) is 106 Å². The Hall–Kier alpha value is -3.99. The molecule has 0 spiro atoms. The number of nitrogens with one attached hydrogen (secondary N) is 3. The number of aryl methyl sites for hydroxylation is 1. The number of anilines is 3. The number of thioether (sulfide) groups is 1. The van der Waals surface area contributed by atoms with Gasteiger partial charge in [0.15, 0.2) is 10.9 Å². The Morgan fingerprint density at radius 3 is 2.33 bits per heavy atom. The number of methoxy groups -OCH3 is 1. The summed E-state index contributed by atoms with van der Waals surface area (Å²) in [6.07, 6.45) is 3.79. The van der Waals surface area contributed by atoms with Gasteiger partial charge in [0.25, 0.3) is 0 Å². The van der Waals surface area contributed by atoms with E-state index in [0.717, 1.165) is 58.0 Å². The molecule has 0 saturated heterocycles. The lowest BCUT2D eigenvalue weighted by Crippen LogP contribution is -2.20. The van der Waals surface area contributed by atoms with E-state index in [1.807, 2.05) is 54.6 Å². The molecule has 0 aliphatic heterocycles. The topological polar surface area (TPSA) is 96.5 Å². The zero-order valence-electron chi connectivity index (χ0n) is 23.8. The molecule has 3 N–H and O–H groups in total.